The lowest BCUT2D eigenvalue weighted by molar-refractivity contribution is -0.142. The maximum Gasteiger partial charge on any atom is 0.340 e. The molecule has 0 aromatic heterocycles. The zero-order chi connectivity index (χ0) is 32.1. The normalized spacial score (nSPS) is 17.6. The van der Waals surface area contributed by atoms with Crippen molar-refractivity contribution in [1.82, 2.24) is 9.80 Å². The lowest BCUT2D eigenvalue weighted by atomic mass is 9.89. The number of hydrogen-bond acceptors (Lipinski definition) is 11. The Bertz CT molecular complexity index is 1660. The molecule has 44 heavy (non-hydrogen) atoms. The standard InChI is InChI=1S/C31H38N2O9S2/c1-32-21-28(31(36)42-15-17-44(3,39)40)27(30(35)41-14-16-43(2,37)38)18-24-10-11-25(34)19-26(24)29(32)23-8-6-22(7-9-23)20-33-12-4-5-13-33/h6-11,18-19,21,29,34H,4-5,12-17,20H2,1-3H3. The molecule has 1 unspecified atom stereocenters. The van der Waals surface area contributed by atoms with E-state index in [0.717, 1.165) is 43.3 Å². The van der Waals surface area contributed by atoms with Gasteiger partial charge in [-0.15, -0.1) is 0 Å². The molecule has 0 spiro atoms. The first-order valence-corrected chi connectivity index (χ1v) is 18.3. The largest absolute Gasteiger partial charge is 0.508 e. The van der Waals surface area contributed by atoms with Crippen LogP contribution in [-0.4, -0.2) is 101 Å². The van der Waals surface area contributed by atoms with Gasteiger partial charge in [-0.2, -0.15) is 0 Å². The van der Waals surface area contributed by atoms with Crippen LogP contribution in [-0.2, 0) is 45.3 Å². The molecule has 0 radical (unpaired) electrons. The van der Waals surface area contributed by atoms with Gasteiger partial charge in [-0.3, -0.25) is 4.90 Å². The molecule has 4 rings (SSSR count). The van der Waals surface area contributed by atoms with E-state index >= 15 is 0 Å². The highest BCUT2D eigenvalue weighted by molar-refractivity contribution is 7.90. The second-order valence-electron chi connectivity index (χ2n) is 11.2. The highest BCUT2D eigenvalue weighted by Crippen LogP contribution is 2.37. The molecule has 2 aromatic rings. The second kappa shape index (κ2) is 14.0. The zero-order valence-electron chi connectivity index (χ0n) is 25.1. The Labute approximate surface area is 258 Å². The van der Waals surface area contributed by atoms with Gasteiger partial charge in [0.05, 0.1) is 28.7 Å². The van der Waals surface area contributed by atoms with Crippen LogP contribution in [0.1, 0.15) is 41.1 Å². The summed E-state index contributed by atoms with van der Waals surface area (Å²) in [7, 11) is -5.15. The predicted molar refractivity (Wildman–Crippen MR) is 166 cm³/mol. The zero-order valence-corrected chi connectivity index (χ0v) is 26.7. The minimum Gasteiger partial charge on any atom is -0.508 e. The van der Waals surface area contributed by atoms with Crippen LogP contribution in [0.4, 0.5) is 0 Å². The highest BCUT2D eigenvalue weighted by Gasteiger charge is 2.31. The maximum absolute atomic E-state index is 13.4. The van der Waals surface area contributed by atoms with Crippen molar-refractivity contribution >= 4 is 37.7 Å². The van der Waals surface area contributed by atoms with Gasteiger partial charge in [0, 0.05) is 32.3 Å². The van der Waals surface area contributed by atoms with E-state index in [-0.39, 0.29) is 16.9 Å². The van der Waals surface area contributed by atoms with E-state index in [1.807, 2.05) is 24.3 Å². The molecule has 13 heteroatoms. The van der Waals surface area contributed by atoms with Gasteiger partial charge in [-0.05, 0) is 66.4 Å². The second-order valence-corrected chi connectivity index (χ2v) is 15.8. The molecule has 1 saturated heterocycles. The Morgan fingerprint density at radius 2 is 1.43 bits per heavy atom. The lowest BCUT2D eigenvalue weighted by Crippen LogP contribution is -2.27. The number of phenolic OH excluding ortho intramolecular Hbond substituents is 1. The topological polar surface area (TPSA) is 148 Å². The van der Waals surface area contributed by atoms with Crippen molar-refractivity contribution < 1.29 is 41.0 Å². The highest BCUT2D eigenvalue weighted by atomic mass is 32.2. The number of fused-ring (bicyclic) bond motifs is 1. The van der Waals surface area contributed by atoms with Gasteiger partial charge in [0.1, 0.15) is 19.0 Å². The number of ether oxygens (including phenoxy) is 2. The maximum atomic E-state index is 13.4. The van der Waals surface area contributed by atoms with Crippen molar-refractivity contribution in [3.05, 3.63) is 82.1 Å². The summed E-state index contributed by atoms with van der Waals surface area (Å²) >= 11 is 0. The molecule has 0 aliphatic carbocycles. The van der Waals surface area contributed by atoms with Gasteiger partial charge in [-0.25, -0.2) is 26.4 Å². The Kier molecular flexibility index (Phi) is 10.5. The van der Waals surface area contributed by atoms with Crippen molar-refractivity contribution in [2.75, 3.05) is 57.4 Å². The van der Waals surface area contributed by atoms with Crippen LogP contribution in [0.2, 0.25) is 0 Å². The SMILES string of the molecule is CN1C=C(C(=O)OCCS(C)(=O)=O)C(C(=O)OCCS(C)(=O)=O)=Cc2ccc(O)cc2C1c1ccc(CN2CCCC2)cc1. The molecule has 1 atom stereocenters. The van der Waals surface area contributed by atoms with E-state index in [1.165, 1.54) is 31.2 Å². The van der Waals surface area contributed by atoms with Gasteiger partial charge >= 0.3 is 11.9 Å². The fourth-order valence-corrected chi connectivity index (χ4v) is 5.98. The van der Waals surface area contributed by atoms with Crippen molar-refractivity contribution in [2.24, 2.45) is 0 Å². The number of aromatic hydroxyl groups is 1. The van der Waals surface area contributed by atoms with E-state index in [9.17, 15) is 31.5 Å². The van der Waals surface area contributed by atoms with Gasteiger partial charge in [-0.1, -0.05) is 30.3 Å². The third-order valence-electron chi connectivity index (χ3n) is 7.41. The monoisotopic (exact) mass is 646 g/mol. The Morgan fingerprint density at radius 3 is 2.00 bits per heavy atom. The molecule has 0 bridgehead atoms. The van der Waals surface area contributed by atoms with Crippen LogP contribution in [0.5, 0.6) is 5.75 Å². The van der Waals surface area contributed by atoms with Crippen LogP contribution in [0.25, 0.3) is 6.08 Å². The van der Waals surface area contributed by atoms with E-state index < -0.39 is 62.4 Å². The number of nitrogens with zero attached hydrogens (tertiary/aromatic N) is 2. The smallest absolute Gasteiger partial charge is 0.340 e. The van der Waals surface area contributed by atoms with Crippen molar-refractivity contribution in [3.63, 3.8) is 0 Å². The van der Waals surface area contributed by atoms with Crippen molar-refractivity contribution in [1.29, 1.82) is 0 Å². The Morgan fingerprint density at radius 1 is 0.864 bits per heavy atom. The third kappa shape index (κ3) is 9.16. The van der Waals surface area contributed by atoms with Gasteiger partial charge in [0.25, 0.3) is 0 Å². The average Bonchev–Trinajstić information content (AvgIpc) is 3.43. The van der Waals surface area contributed by atoms with Crippen molar-refractivity contribution in [3.8, 4) is 5.75 Å². The predicted octanol–water partition coefficient (Wildman–Crippen LogP) is 2.47. The number of benzene rings is 2. The number of rotatable bonds is 11. The number of carbonyl (C=O) groups is 2. The Balaban J connectivity index is 1.75. The first-order valence-electron chi connectivity index (χ1n) is 14.2. The van der Waals surface area contributed by atoms with Crippen LogP contribution in [0.15, 0.2) is 59.8 Å². The number of sulfone groups is 2. The molecule has 1 N–H and O–H groups in total. The van der Waals surface area contributed by atoms with Crippen LogP contribution in [0, 0.1) is 0 Å². The lowest BCUT2D eigenvalue weighted by Gasteiger charge is -2.32. The summed E-state index contributed by atoms with van der Waals surface area (Å²) < 4.78 is 57.0. The molecule has 11 nitrogen and oxygen atoms in total. The number of esters is 2. The summed E-state index contributed by atoms with van der Waals surface area (Å²) in [6.45, 7) is 2.12. The summed E-state index contributed by atoms with van der Waals surface area (Å²) in [5.41, 5.74) is 2.76. The molecule has 0 saturated carbocycles. The van der Waals surface area contributed by atoms with Crippen LogP contribution in [0.3, 0.4) is 0 Å². The van der Waals surface area contributed by atoms with E-state index in [2.05, 4.69) is 4.90 Å². The van der Waals surface area contributed by atoms with Gasteiger partial charge < -0.3 is 19.5 Å². The quantitative estimate of drug-likeness (QED) is 0.359. The molecule has 0 amide bonds. The average molecular weight is 647 g/mol. The van der Waals surface area contributed by atoms with Crippen molar-refractivity contribution in [2.45, 2.75) is 25.4 Å². The number of phenols is 1. The summed E-state index contributed by atoms with van der Waals surface area (Å²) in [5.74, 6) is -2.73. The number of likely N-dealkylation sites (tertiary alicyclic amines) is 1. The number of hydrogen-bond donors (Lipinski definition) is 1. The molecule has 2 aliphatic heterocycles. The first kappa shape index (κ1) is 33.2. The minimum atomic E-state index is -3.43. The van der Waals surface area contributed by atoms with E-state index in [1.54, 1.807) is 24.1 Å². The first-order chi connectivity index (χ1) is 20.7. The number of carbonyl (C=O) groups excluding carboxylic acids is 2. The third-order valence-corrected chi connectivity index (χ3v) is 9.23. The molecular formula is C31H38N2O9S2. The molecule has 2 aromatic carbocycles. The Hall–Kier alpha value is -3.68. The van der Waals surface area contributed by atoms with Gasteiger partial charge in [0.15, 0.2) is 19.7 Å². The van der Waals surface area contributed by atoms with Gasteiger partial charge in [0.2, 0.25) is 0 Å². The molecular weight excluding hydrogens is 608 g/mol. The van der Waals surface area contributed by atoms with E-state index in [0.29, 0.717) is 11.1 Å². The fraction of sp³-hybridized carbons (Fsp3) is 0.419. The minimum absolute atomic E-state index is 0.00319. The van der Waals surface area contributed by atoms with Crippen LogP contribution < -0.4 is 0 Å². The molecule has 1 fully saturated rings. The summed E-state index contributed by atoms with van der Waals surface area (Å²) in [6, 6.07) is 12.2. The summed E-state index contributed by atoms with van der Waals surface area (Å²) in [5, 5.41) is 10.4. The fourth-order valence-electron chi connectivity index (χ4n) is 5.21. The van der Waals surface area contributed by atoms with E-state index in [4.69, 9.17) is 9.47 Å². The summed E-state index contributed by atoms with van der Waals surface area (Å²) in [6.07, 6.45) is 7.26. The molecule has 2 aliphatic rings. The molecule has 2 heterocycles. The summed E-state index contributed by atoms with van der Waals surface area (Å²) in [4.78, 5) is 30.8. The molecule has 238 valence electrons. The van der Waals surface area contributed by atoms with Crippen LogP contribution >= 0.6 is 0 Å².